The highest BCUT2D eigenvalue weighted by Crippen LogP contribution is 2.22. The van der Waals surface area contributed by atoms with Gasteiger partial charge in [0.05, 0.1) is 5.69 Å². The van der Waals surface area contributed by atoms with Crippen LogP contribution >= 0.6 is 0 Å². The Balaban J connectivity index is 1.50. The first-order valence-corrected chi connectivity index (χ1v) is 8.74. The molecular formula is C17H25N5O2. The van der Waals surface area contributed by atoms with Crippen LogP contribution in [0.4, 0.5) is 5.82 Å². The molecule has 1 atom stereocenters. The molecule has 0 bridgehead atoms. The van der Waals surface area contributed by atoms with Gasteiger partial charge in [-0.1, -0.05) is 0 Å². The first-order chi connectivity index (χ1) is 11.6. The molecule has 2 fully saturated rings. The molecule has 24 heavy (non-hydrogen) atoms. The molecule has 0 aromatic carbocycles. The van der Waals surface area contributed by atoms with Crippen molar-refractivity contribution in [3.05, 3.63) is 18.1 Å². The summed E-state index contributed by atoms with van der Waals surface area (Å²) in [4.78, 5) is 36.2. The Hall–Kier alpha value is -2.18. The Bertz CT molecular complexity index is 606. The lowest BCUT2D eigenvalue weighted by atomic mass is 9.93. The minimum atomic E-state index is 0.145. The highest BCUT2D eigenvalue weighted by Gasteiger charge is 2.26. The highest BCUT2D eigenvalue weighted by molar-refractivity contribution is 5.80. The zero-order chi connectivity index (χ0) is 16.9. The van der Waals surface area contributed by atoms with Gasteiger partial charge < -0.3 is 15.5 Å². The minimum absolute atomic E-state index is 0.145. The normalized spacial score (nSPS) is 21.3. The molecule has 2 N–H and O–H groups in total. The van der Waals surface area contributed by atoms with Crippen molar-refractivity contribution in [2.45, 2.75) is 38.5 Å². The summed E-state index contributed by atoms with van der Waals surface area (Å²) >= 11 is 0. The maximum atomic E-state index is 12.5. The second-order valence-corrected chi connectivity index (χ2v) is 6.67. The maximum Gasteiger partial charge on any atom is 0.224 e. The van der Waals surface area contributed by atoms with Crippen LogP contribution in [-0.2, 0) is 16.0 Å². The number of nitrogens with two attached hydrogens (primary N) is 1. The molecule has 2 aliphatic rings. The minimum Gasteiger partial charge on any atom is -0.382 e. The third kappa shape index (κ3) is 4.01. The fourth-order valence-corrected chi connectivity index (χ4v) is 3.60. The average molecular weight is 331 g/mol. The van der Waals surface area contributed by atoms with E-state index in [1.165, 1.54) is 0 Å². The van der Waals surface area contributed by atoms with E-state index >= 15 is 0 Å². The molecule has 3 rings (SSSR count). The second-order valence-electron chi connectivity index (χ2n) is 6.67. The van der Waals surface area contributed by atoms with Crippen LogP contribution < -0.4 is 5.73 Å². The third-order valence-corrected chi connectivity index (χ3v) is 4.93. The van der Waals surface area contributed by atoms with Crippen LogP contribution in [0.1, 0.15) is 37.8 Å². The number of nitrogen functional groups attached to an aromatic ring is 1. The Kier molecular flexibility index (Phi) is 5.27. The lowest BCUT2D eigenvalue weighted by Crippen LogP contribution is -2.42. The van der Waals surface area contributed by atoms with E-state index in [2.05, 4.69) is 9.97 Å². The van der Waals surface area contributed by atoms with Gasteiger partial charge in [0, 0.05) is 51.4 Å². The largest absolute Gasteiger partial charge is 0.382 e. The quantitative estimate of drug-likeness (QED) is 0.863. The smallest absolute Gasteiger partial charge is 0.224 e. The van der Waals surface area contributed by atoms with Gasteiger partial charge in [-0.05, 0) is 31.6 Å². The predicted octanol–water partition coefficient (Wildman–Crippen LogP) is 0.852. The Morgan fingerprint density at radius 3 is 2.83 bits per heavy atom. The molecule has 130 valence electrons. The number of piperidine rings is 1. The molecule has 0 spiro atoms. The molecule has 3 heterocycles. The first-order valence-electron chi connectivity index (χ1n) is 8.74. The second kappa shape index (κ2) is 7.59. The Labute approximate surface area is 142 Å². The van der Waals surface area contributed by atoms with Gasteiger partial charge in [-0.25, -0.2) is 4.98 Å². The number of anilines is 1. The molecule has 7 heteroatoms. The number of hydrogen-bond donors (Lipinski definition) is 1. The molecule has 0 unspecified atom stereocenters. The van der Waals surface area contributed by atoms with Crippen molar-refractivity contribution >= 4 is 17.6 Å². The number of nitrogens with zero attached hydrogens (tertiary/aromatic N) is 4. The van der Waals surface area contributed by atoms with E-state index in [1.54, 1.807) is 17.3 Å². The summed E-state index contributed by atoms with van der Waals surface area (Å²) in [6, 6.07) is 0. The number of likely N-dealkylation sites (tertiary alicyclic amines) is 2. The first kappa shape index (κ1) is 16.7. The van der Waals surface area contributed by atoms with Gasteiger partial charge >= 0.3 is 0 Å². The van der Waals surface area contributed by atoms with Gasteiger partial charge in [-0.2, -0.15) is 0 Å². The van der Waals surface area contributed by atoms with Crippen molar-refractivity contribution < 1.29 is 9.59 Å². The molecular weight excluding hydrogens is 306 g/mol. The molecule has 1 aromatic heterocycles. The summed E-state index contributed by atoms with van der Waals surface area (Å²) in [7, 11) is 0. The third-order valence-electron chi connectivity index (χ3n) is 4.93. The Morgan fingerprint density at radius 2 is 2.08 bits per heavy atom. The molecule has 2 saturated heterocycles. The topological polar surface area (TPSA) is 92.4 Å². The summed E-state index contributed by atoms with van der Waals surface area (Å²) in [5.74, 6) is 1.17. The number of aromatic nitrogens is 2. The summed E-state index contributed by atoms with van der Waals surface area (Å²) in [6.45, 7) is 2.89. The molecule has 1 aromatic rings. The molecule has 7 nitrogen and oxygen atoms in total. The van der Waals surface area contributed by atoms with E-state index in [0.717, 1.165) is 51.0 Å². The van der Waals surface area contributed by atoms with Crippen LogP contribution in [0, 0.1) is 5.92 Å². The van der Waals surface area contributed by atoms with E-state index in [0.29, 0.717) is 31.1 Å². The van der Waals surface area contributed by atoms with E-state index in [9.17, 15) is 9.59 Å². The number of amides is 2. The Morgan fingerprint density at radius 1 is 1.25 bits per heavy atom. The summed E-state index contributed by atoms with van der Waals surface area (Å²) < 4.78 is 0. The number of rotatable bonds is 5. The SMILES string of the molecule is Nc1nccnc1C[C@@H]1CCCN(C(=O)CCN2CCCC2=O)C1. The maximum absolute atomic E-state index is 12.5. The van der Waals surface area contributed by atoms with Crippen LogP contribution in [0.5, 0.6) is 0 Å². The van der Waals surface area contributed by atoms with Crippen molar-refractivity contribution in [1.82, 2.24) is 19.8 Å². The van der Waals surface area contributed by atoms with Crippen LogP contribution in [0.3, 0.4) is 0 Å². The van der Waals surface area contributed by atoms with Crippen molar-refractivity contribution in [1.29, 1.82) is 0 Å². The van der Waals surface area contributed by atoms with Crippen molar-refractivity contribution in [2.24, 2.45) is 5.92 Å². The van der Waals surface area contributed by atoms with Crippen molar-refractivity contribution in [3.8, 4) is 0 Å². The van der Waals surface area contributed by atoms with Crippen LogP contribution in [-0.4, -0.2) is 57.8 Å². The van der Waals surface area contributed by atoms with Crippen LogP contribution in [0.2, 0.25) is 0 Å². The van der Waals surface area contributed by atoms with Crippen molar-refractivity contribution in [2.75, 3.05) is 31.9 Å². The summed E-state index contributed by atoms with van der Waals surface area (Å²) in [6.07, 6.45) is 8.04. The summed E-state index contributed by atoms with van der Waals surface area (Å²) in [5.41, 5.74) is 6.69. The van der Waals surface area contributed by atoms with Gasteiger partial charge in [0.2, 0.25) is 11.8 Å². The lowest BCUT2D eigenvalue weighted by Gasteiger charge is -2.33. The molecule has 2 aliphatic heterocycles. The van der Waals surface area contributed by atoms with Gasteiger partial charge in [0.1, 0.15) is 5.82 Å². The fourth-order valence-electron chi connectivity index (χ4n) is 3.60. The molecule has 2 amide bonds. The lowest BCUT2D eigenvalue weighted by molar-refractivity contribution is -0.134. The number of hydrogen-bond acceptors (Lipinski definition) is 5. The van der Waals surface area contributed by atoms with E-state index in [-0.39, 0.29) is 11.8 Å². The molecule has 0 radical (unpaired) electrons. The van der Waals surface area contributed by atoms with Crippen molar-refractivity contribution in [3.63, 3.8) is 0 Å². The summed E-state index contributed by atoms with van der Waals surface area (Å²) in [5, 5.41) is 0. The highest BCUT2D eigenvalue weighted by atomic mass is 16.2. The zero-order valence-corrected chi connectivity index (χ0v) is 14.0. The van der Waals surface area contributed by atoms with Gasteiger partial charge in [0.15, 0.2) is 0 Å². The molecule has 0 saturated carbocycles. The average Bonchev–Trinajstić information content (AvgIpc) is 3.00. The fraction of sp³-hybridized carbons (Fsp3) is 0.647. The number of carbonyl (C=O) groups is 2. The zero-order valence-electron chi connectivity index (χ0n) is 14.0. The van der Waals surface area contributed by atoms with Gasteiger partial charge in [-0.15, -0.1) is 0 Å². The van der Waals surface area contributed by atoms with Gasteiger partial charge in [-0.3, -0.25) is 14.6 Å². The van der Waals surface area contributed by atoms with Gasteiger partial charge in [0.25, 0.3) is 0 Å². The van der Waals surface area contributed by atoms with Crippen LogP contribution in [0.15, 0.2) is 12.4 Å². The standard InChI is InChI=1S/C17H25N5O2/c18-17-14(19-6-7-20-17)11-13-3-1-9-22(12-13)16(24)5-10-21-8-2-4-15(21)23/h6-7,13H,1-5,8-12H2,(H2,18,20)/t13-/m0/s1. The van der Waals surface area contributed by atoms with E-state index in [4.69, 9.17) is 5.73 Å². The monoisotopic (exact) mass is 331 g/mol. The van der Waals surface area contributed by atoms with E-state index in [1.807, 2.05) is 4.90 Å². The molecule has 0 aliphatic carbocycles. The van der Waals surface area contributed by atoms with Crippen LogP contribution in [0.25, 0.3) is 0 Å². The number of carbonyl (C=O) groups excluding carboxylic acids is 2. The predicted molar refractivity (Wildman–Crippen MR) is 89.9 cm³/mol. The van der Waals surface area contributed by atoms with E-state index < -0.39 is 0 Å².